The first-order valence-electron chi connectivity index (χ1n) is 5.41. The largest absolute Gasteiger partial charge is 0.490 e. The first-order valence-corrected chi connectivity index (χ1v) is 6.36. The average Bonchev–Trinajstić information content (AvgIpc) is 2.97. The second-order valence-corrected chi connectivity index (χ2v) is 4.73. The summed E-state index contributed by atoms with van der Waals surface area (Å²) in [5.41, 5.74) is 2.00. The molecule has 0 saturated carbocycles. The van der Waals surface area contributed by atoms with Crippen LogP contribution in [0.4, 0.5) is 0 Å². The zero-order chi connectivity index (χ0) is 11.7. The van der Waals surface area contributed by atoms with Crippen molar-refractivity contribution in [3.63, 3.8) is 0 Å². The van der Waals surface area contributed by atoms with Gasteiger partial charge in [0, 0.05) is 11.6 Å². The number of ether oxygens (including phenoxy) is 2. The first-order chi connectivity index (χ1) is 8.33. The molecule has 0 saturated heterocycles. The molecule has 4 heteroatoms. The summed E-state index contributed by atoms with van der Waals surface area (Å²) in [5, 5.41) is 13.7. The number of hydrogen-bond acceptors (Lipinski definition) is 4. The van der Waals surface area contributed by atoms with Crippen LogP contribution in [0.25, 0.3) is 0 Å². The molecule has 0 radical (unpaired) electrons. The van der Waals surface area contributed by atoms with Crippen molar-refractivity contribution in [1.82, 2.24) is 0 Å². The van der Waals surface area contributed by atoms with E-state index in [0.29, 0.717) is 13.2 Å². The highest BCUT2D eigenvalue weighted by molar-refractivity contribution is 7.07. The molecule has 1 aliphatic rings. The molecule has 0 spiro atoms. The van der Waals surface area contributed by atoms with Crippen LogP contribution in [0, 0.1) is 0 Å². The van der Waals surface area contributed by atoms with Gasteiger partial charge in [0.25, 0.3) is 0 Å². The third-order valence-electron chi connectivity index (χ3n) is 2.73. The summed E-state index contributed by atoms with van der Waals surface area (Å²) in [6.45, 7) is 0.897. The van der Waals surface area contributed by atoms with Gasteiger partial charge in [0.2, 0.25) is 0 Å². The van der Waals surface area contributed by atoms with Crippen molar-refractivity contribution in [3.05, 3.63) is 46.2 Å². The number of aliphatic hydroxyl groups excluding tert-OH is 1. The van der Waals surface area contributed by atoms with Gasteiger partial charge in [0.1, 0.15) is 30.8 Å². The molecule has 3 rings (SSSR count). The van der Waals surface area contributed by atoms with Gasteiger partial charge in [-0.1, -0.05) is 0 Å². The molecule has 17 heavy (non-hydrogen) atoms. The molecule has 88 valence electrons. The van der Waals surface area contributed by atoms with Crippen LogP contribution in [0.2, 0.25) is 0 Å². The Kier molecular flexibility index (Phi) is 2.74. The Labute approximate surface area is 103 Å². The first kappa shape index (κ1) is 10.6. The minimum absolute atomic E-state index is 0.337. The normalized spacial score (nSPS) is 17.6. The smallest absolute Gasteiger partial charge is 0.129 e. The maximum absolute atomic E-state index is 9.59. The van der Waals surface area contributed by atoms with Gasteiger partial charge in [-0.3, -0.25) is 0 Å². The van der Waals surface area contributed by atoms with Crippen molar-refractivity contribution in [2.24, 2.45) is 0 Å². The van der Waals surface area contributed by atoms with Gasteiger partial charge >= 0.3 is 0 Å². The zero-order valence-corrected chi connectivity index (χ0v) is 9.94. The fourth-order valence-electron chi connectivity index (χ4n) is 1.80. The molecule has 0 fully saturated rings. The van der Waals surface area contributed by atoms with Crippen LogP contribution in [0.5, 0.6) is 11.5 Å². The maximum atomic E-state index is 9.59. The molecule has 1 atom stereocenters. The third kappa shape index (κ3) is 2.14. The van der Waals surface area contributed by atoms with Crippen LogP contribution >= 0.6 is 11.3 Å². The van der Waals surface area contributed by atoms with Gasteiger partial charge < -0.3 is 14.6 Å². The average molecular weight is 248 g/mol. The lowest BCUT2D eigenvalue weighted by Gasteiger charge is -2.06. The Morgan fingerprint density at radius 3 is 3.18 bits per heavy atom. The highest BCUT2D eigenvalue weighted by atomic mass is 32.1. The van der Waals surface area contributed by atoms with Crippen LogP contribution in [0.1, 0.15) is 17.2 Å². The molecule has 0 bridgehead atoms. The van der Waals surface area contributed by atoms with Crippen molar-refractivity contribution in [2.75, 3.05) is 6.61 Å². The van der Waals surface area contributed by atoms with Crippen molar-refractivity contribution in [2.45, 2.75) is 12.7 Å². The van der Waals surface area contributed by atoms with Crippen molar-refractivity contribution < 1.29 is 14.6 Å². The molecular weight excluding hydrogens is 236 g/mol. The van der Waals surface area contributed by atoms with Gasteiger partial charge in [-0.2, -0.15) is 11.3 Å². The van der Waals surface area contributed by atoms with E-state index in [1.165, 1.54) is 0 Å². The number of thiophene rings is 1. The molecular formula is C13H12O3S. The Balaban J connectivity index is 1.72. The molecule has 1 aromatic heterocycles. The van der Waals surface area contributed by atoms with Crippen LogP contribution in [0.15, 0.2) is 35.0 Å². The lowest BCUT2D eigenvalue weighted by atomic mass is 10.1. The SMILES string of the molecule is OC1COc2cc(OCc3ccsc3)ccc21. The molecule has 1 unspecified atom stereocenters. The fraction of sp³-hybridized carbons (Fsp3) is 0.231. The minimum Gasteiger partial charge on any atom is -0.490 e. The van der Waals surface area contributed by atoms with Crippen LogP contribution < -0.4 is 9.47 Å². The summed E-state index contributed by atoms with van der Waals surface area (Å²) >= 11 is 1.66. The van der Waals surface area contributed by atoms with Gasteiger partial charge in [-0.15, -0.1) is 0 Å². The number of aliphatic hydroxyl groups is 1. The van der Waals surface area contributed by atoms with E-state index in [2.05, 4.69) is 5.38 Å². The Morgan fingerprint density at radius 1 is 1.41 bits per heavy atom. The summed E-state index contributed by atoms with van der Waals surface area (Å²) in [6.07, 6.45) is -0.504. The lowest BCUT2D eigenvalue weighted by molar-refractivity contribution is 0.140. The minimum atomic E-state index is -0.504. The second-order valence-electron chi connectivity index (χ2n) is 3.95. The Bertz CT molecular complexity index is 507. The van der Waals surface area contributed by atoms with E-state index in [4.69, 9.17) is 9.47 Å². The zero-order valence-electron chi connectivity index (χ0n) is 9.13. The molecule has 1 aliphatic heterocycles. The third-order valence-corrected chi connectivity index (χ3v) is 3.46. The molecule has 1 aromatic carbocycles. The van der Waals surface area contributed by atoms with Crippen molar-refractivity contribution in [1.29, 1.82) is 0 Å². The Hall–Kier alpha value is -1.52. The number of benzene rings is 1. The topological polar surface area (TPSA) is 38.7 Å². The van der Waals surface area contributed by atoms with E-state index < -0.39 is 6.10 Å². The number of fused-ring (bicyclic) bond motifs is 1. The Morgan fingerprint density at radius 2 is 2.35 bits per heavy atom. The lowest BCUT2D eigenvalue weighted by Crippen LogP contribution is -1.97. The highest BCUT2D eigenvalue weighted by Crippen LogP contribution is 2.35. The molecule has 2 aromatic rings. The van der Waals surface area contributed by atoms with Gasteiger partial charge in [-0.25, -0.2) is 0 Å². The molecule has 2 heterocycles. The van der Waals surface area contributed by atoms with Crippen LogP contribution in [-0.2, 0) is 6.61 Å². The van der Waals surface area contributed by atoms with E-state index in [0.717, 1.165) is 22.6 Å². The second kappa shape index (κ2) is 4.39. The van der Waals surface area contributed by atoms with Gasteiger partial charge in [0.15, 0.2) is 0 Å². The fourth-order valence-corrected chi connectivity index (χ4v) is 2.46. The molecule has 3 nitrogen and oxygen atoms in total. The van der Waals surface area contributed by atoms with E-state index in [9.17, 15) is 5.11 Å². The molecule has 0 amide bonds. The molecule has 1 N–H and O–H groups in total. The quantitative estimate of drug-likeness (QED) is 0.907. The van der Waals surface area contributed by atoms with Gasteiger partial charge in [0.05, 0.1) is 0 Å². The van der Waals surface area contributed by atoms with E-state index in [-0.39, 0.29) is 0 Å². The van der Waals surface area contributed by atoms with Crippen LogP contribution in [0.3, 0.4) is 0 Å². The van der Waals surface area contributed by atoms with E-state index >= 15 is 0 Å². The predicted molar refractivity (Wildman–Crippen MR) is 65.5 cm³/mol. The summed E-state index contributed by atoms with van der Waals surface area (Å²) in [6, 6.07) is 7.59. The van der Waals surface area contributed by atoms with Crippen LogP contribution in [-0.4, -0.2) is 11.7 Å². The van der Waals surface area contributed by atoms with Crippen molar-refractivity contribution >= 4 is 11.3 Å². The summed E-state index contributed by atoms with van der Waals surface area (Å²) < 4.78 is 11.0. The highest BCUT2D eigenvalue weighted by Gasteiger charge is 2.21. The van der Waals surface area contributed by atoms with Crippen molar-refractivity contribution in [3.8, 4) is 11.5 Å². The standard InChI is InChI=1S/C13H12O3S/c14-12-7-16-13-5-10(1-2-11(12)13)15-6-9-3-4-17-8-9/h1-5,8,12,14H,6-7H2. The van der Waals surface area contributed by atoms with E-state index in [1.807, 2.05) is 29.6 Å². The summed E-state index contributed by atoms with van der Waals surface area (Å²) in [4.78, 5) is 0. The van der Waals surface area contributed by atoms with E-state index in [1.54, 1.807) is 11.3 Å². The summed E-state index contributed by atoms with van der Waals surface area (Å²) in [5.74, 6) is 1.49. The predicted octanol–water partition coefficient (Wildman–Crippen LogP) is 2.75. The monoisotopic (exact) mass is 248 g/mol. The van der Waals surface area contributed by atoms with Gasteiger partial charge in [-0.05, 0) is 34.5 Å². The summed E-state index contributed by atoms with van der Waals surface area (Å²) in [7, 11) is 0. The molecule has 0 aliphatic carbocycles. The number of hydrogen-bond donors (Lipinski definition) is 1. The maximum Gasteiger partial charge on any atom is 0.129 e. The number of rotatable bonds is 3.